The Hall–Kier alpha value is -2.80. The van der Waals surface area contributed by atoms with Crippen LogP contribution in [0.25, 0.3) is 10.9 Å². The number of halogens is 4. The van der Waals surface area contributed by atoms with Gasteiger partial charge in [-0.3, -0.25) is 9.97 Å². The average molecular weight is 432 g/mol. The second-order valence-electron chi connectivity index (χ2n) is 7.82. The summed E-state index contributed by atoms with van der Waals surface area (Å²) in [5, 5.41) is 1.28. The largest absolute Gasteiger partial charge is 0.476 e. The van der Waals surface area contributed by atoms with Gasteiger partial charge in [0, 0.05) is 35.7 Å². The lowest BCUT2D eigenvalue weighted by Crippen LogP contribution is -2.37. The van der Waals surface area contributed by atoms with Gasteiger partial charge in [-0.1, -0.05) is 17.7 Å². The van der Waals surface area contributed by atoms with Gasteiger partial charge < -0.3 is 10.5 Å². The Morgan fingerprint density at radius 1 is 1.23 bits per heavy atom. The van der Waals surface area contributed by atoms with Crippen molar-refractivity contribution in [2.45, 2.75) is 24.4 Å². The highest BCUT2D eigenvalue weighted by molar-refractivity contribution is 6.31. The van der Waals surface area contributed by atoms with Crippen LogP contribution in [0, 0.1) is 17.6 Å². The number of nitrogens with zero attached hydrogens (tertiary/aromatic N) is 2. The highest BCUT2D eigenvalue weighted by atomic mass is 35.5. The number of nitrogens with two attached hydrogens (primary N) is 1. The molecule has 1 saturated carbocycles. The first-order valence-electron chi connectivity index (χ1n) is 9.50. The van der Waals surface area contributed by atoms with E-state index in [1.807, 2.05) is 0 Å². The molecule has 4 nitrogen and oxygen atoms in total. The minimum atomic E-state index is -1.34. The number of alkyl halides is 1. The third-order valence-corrected chi connectivity index (χ3v) is 6.11. The van der Waals surface area contributed by atoms with Gasteiger partial charge in [-0.25, -0.2) is 13.2 Å². The SMILES string of the molecule is NC1=C[C@@](CF)(c2cc(Cc3nccc4cc(Cl)cnc34)cc(F)c2F)[C@@H]2C[C@@H]2O1. The topological polar surface area (TPSA) is 61.0 Å². The predicted octanol–water partition coefficient (Wildman–Crippen LogP) is 4.58. The lowest BCUT2D eigenvalue weighted by atomic mass is 9.75. The quantitative estimate of drug-likeness (QED) is 0.657. The van der Waals surface area contributed by atoms with E-state index in [4.69, 9.17) is 22.1 Å². The fourth-order valence-electron chi connectivity index (χ4n) is 4.40. The Balaban J connectivity index is 1.61. The molecule has 30 heavy (non-hydrogen) atoms. The maximum absolute atomic E-state index is 14.9. The van der Waals surface area contributed by atoms with Crippen molar-refractivity contribution in [2.24, 2.45) is 11.7 Å². The van der Waals surface area contributed by atoms with Crippen molar-refractivity contribution in [1.82, 2.24) is 9.97 Å². The molecular formula is C22H17ClF3N3O. The Morgan fingerprint density at radius 2 is 2.07 bits per heavy atom. The Bertz CT molecular complexity index is 1200. The molecule has 3 atom stereocenters. The predicted molar refractivity (Wildman–Crippen MR) is 107 cm³/mol. The third-order valence-electron chi connectivity index (χ3n) is 5.90. The molecule has 0 radical (unpaired) electrons. The molecule has 5 rings (SSSR count). The van der Waals surface area contributed by atoms with Gasteiger partial charge in [0.15, 0.2) is 17.5 Å². The highest BCUT2D eigenvalue weighted by Crippen LogP contribution is 2.54. The van der Waals surface area contributed by atoms with Gasteiger partial charge in [0.1, 0.15) is 12.8 Å². The first-order chi connectivity index (χ1) is 14.4. The van der Waals surface area contributed by atoms with Gasteiger partial charge in [-0.05, 0) is 36.3 Å². The van der Waals surface area contributed by atoms with Crippen molar-refractivity contribution in [1.29, 1.82) is 0 Å². The van der Waals surface area contributed by atoms with E-state index >= 15 is 0 Å². The van der Waals surface area contributed by atoms with Gasteiger partial charge in [0.05, 0.1) is 21.6 Å². The van der Waals surface area contributed by atoms with Crippen molar-refractivity contribution in [2.75, 3.05) is 6.67 Å². The molecule has 8 heteroatoms. The fraction of sp³-hybridized carbons (Fsp3) is 0.273. The van der Waals surface area contributed by atoms with Crippen LogP contribution in [-0.2, 0) is 16.6 Å². The molecule has 2 aliphatic rings. The molecule has 154 valence electrons. The molecule has 3 aromatic rings. The van der Waals surface area contributed by atoms with E-state index in [2.05, 4.69) is 9.97 Å². The Labute approximate surface area is 175 Å². The van der Waals surface area contributed by atoms with E-state index in [-0.39, 0.29) is 29.9 Å². The standard InChI is InChI=1S/C22H17ClF3N3O/c23-13-6-12-1-2-28-17(21(12)29-9-13)5-11-3-15(20(26)16(25)4-11)22(10-24)8-19(27)30-18-7-14(18)22/h1-4,6,8-9,14,18H,5,7,10,27H2/t14-,18+,22+/m1/s1. The average Bonchev–Trinajstić information content (AvgIpc) is 3.49. The van der Waals surface area contributed by atoms with Crippen LogP contribution in [0.4, 0.5) is 13.2 Å². The van der Waals surface area contributed by atoms with Crippen LogP contribution < -0.4 is 5.73 Å². The van der Waals surface area contributed by atoms with E-state index in [9.17, 15) is 13.2 Å². The number of benzene rings is 1. The summed E-state index contributed by atoms with van der Waals surface area (Å²) in [6.45, 7) is -0.898. The van der Waals surface area contributed by atoms with E-state index < -0.39 is 23.7 Å². The van der Waals surface area contributed by atoms with Gasteiger partial charge in [-0.2, -0.15) is 0 Å². The van der Waals surface area contributed by atoms with Crippen LogP contribution in [0.2, 0.25) is 5.02 Å². The van der Waals surface area contributed by atoms with Crippen LogP contribution >= 0.6 is 11.6 Å². The van der Waals surface area contributed by atoms with E-state index in [0.29, 0.717) is 28.2 Å². The second kappa shape index (κ2) is 6.87. The molecule has 3 heterocycles. The summed E-state index contributed by atoms with van der Waals surface area (Å²) in [6.07, 6.45) is 4.96. The molecule has 0 saturated heterocycles. The zero-order chi connectivity index (χ0) is 21.0. The van der Waals surface area contributed by atoms with Crippen LogP contribution in [-0.4, -0.2) is 22.7 Å². The number of rotatable bonds is 4. The molecule has 2 N–H and O–H groups in total. The van der Waals surface area contributed by atoms with Crippen molar-refractivity contribution < 1.29 is 17.9 Å². The summed E-state index contributed by atoms with van der Waals surface area (Å²) in [6, 6.07) is 6.14. The number of hydrogen-bond acceptors (Lipinski definition) is 4. The summed E-state index contributed by atoms with van der Waals surface area (Å²) in [7, 11) is 0. The number of fused-ring (bicyclic) bond motifs is 2. The van der Waals surface area contributed by atoms with Gasteiger partial charge in [-0.15, -0.1) is 0 Å². The molecule has 0 unspecified atom stereocenters. The summed E-state index contributed by atoms with van der Waals surface area (Å²) < 4.78 is 49.2. The molecule has 0 spiro atoms. The van der Waals surface area contributed by atoms with E-state index in [1.165, 1.54) is 18.3 Å². The first kappa shape index (κ1) is 19.2. The summed E-state index contributed by atoms with van der Waals surface area (Å²) in [4.78, 5) is 8.67. The van der Waals surface area contributed by atoms with Crippen molar-refractivity contribution in [3.63, 3.8) is 0 Å². The smallest absolute Gasteiger partial charge is 0.181 e. The summed E-state index contributed by atoms with van der Waals surface area (Å²) in [5.74, 6) is -2.35. The maximum Gasteiger partial charge on any atom is 0.181 e. The minimum Gasteiger partial charge on any atom is -0.476 e. The second-order valence-corrected chi connectivity index (χ2v) is 8.25. The molecule has 0 amide bonds. The first-order valence-corrected chi connectivity index (χ1v) is 9.87. The number of aromatic nitrogens is 2. The van der Waals surface area contributed by atoms with E-state index in [0.717, 1.165) is 11.5 Å². The number of allylic oxidation sites excluding steroid dienone is 1. The van der Waals surface area contributed by atoms with Crippen LogP contribution in [0.3, 0.4) is 0 Å². The highest BCUT2D eigenvalue weighted by Gasteiger charge is 2.58. The van der Waals surface area contributed by atoms with Gasteiger partial charge in [0.25, 0.3) is 0 Å². The van der Waals surface area contributed by atoms with Gasteiger partial charge >= 0.3 is 0 Å². The molecular weight excluding hydrogens is 415 g/mol. The van der Waals surface area contributed by atoms with E-state index in [1.54, 1.807) is 18.3 Å². The molecule has 1 aromatic carbocycles. The van der Waals surface area contributed by atoms with Crippen LogP contribution in [0.5, 0.6) is 0 Å². The fourth-order valence-corrected chi connectivity index (χ4v) is 4.57. The van der Waals surface area contributed by atoms with Crippen LogP contribution in [0.15, 0.2) is 48.6 Å². The van der Waals surface area contributed by atoms with Crippen molar-refractivity contribution in [3.8, 4) is 0 Å². The van der Waals surface area contributed by atoms with Crippen LogP contribution in [0.1, 0.15) is 23.2 Å². The third kappa shape index (κ3) is 2.99. The molecule has 1 fully saturated rings. The lowest BCUT2D eigenvalue weighted by Gasteiger charge is -2.33. The summed E-state index contributed by atoms with van der Waals surface area (Å²) >= 11 is 6.00. The minimum absolute atomic E-state index is 0.0356. The Kier molecular flexibility index (Phi) is 4.39. The molecule has 1 aliphatic heterocycles. The number of hydrogen-bond donors (Lipinski definition) is 1. The zero-order valence-corrected chi connectivity index (χ0v) is 16.5. The number of ether oxygens (including phenoxy) is 1. The zero-order valence-electron chi connectivity index (χ0n) is 15.7. The molecule has 0 bridgehead atoms. The van der Waals surface area contributed by atoms with Gasteiger partial charge in [0.2, 0.25) is 0 Å². The Morgan fingerprint density at radius 3 is 2.87 bits per heavy atom. The normalized spacial score (nSPS) is 24.9. The lowest BCUT2D eigenvalue weighted by molar-refractivity contribution is 0.132. The van der Waals surface area contributed by atoms with Crippen molar-refractivity contribution in [3.05, 3.63) is 82.1 Å². The maximum atomic E-state index is 14.9. The molecule has 1 aliphatic carbocycles. The van der Waals surface area contributed by atoms with Crippen molar-refractivity contribution >= 4 is 22.5 Å². The molecule has 2 aromatic heterocycles. The monoisotopic (exact) mass is 431 g/mol. The summed E-state index contributed by atoms with van der Waals surface area (Å²) in [5.41, 5.74) is 6.07. The number of pyridine rings is 2.